The lowest BCUT2D eigenvalue weighted by Crippen LogP contribution is -2.30. The summed E-state index contributed by atoms with van der Waals surface area (Å²) in [6.07, 6.45) is 0.773. The van der Waals surface area contributed by atoms with Gasteiger partial charge in [0.25, 0.3) is 5.56 Å². The Morgan fingerprint density at radius 2 is 1.84 bits per heavy atom. The molecule has 2 aliphatic heterocycles. The molecule has 0 unspecified atom stereocenters. The smallest absolute Gasteiger partial charge is 0.251 e. The van der Waals surface area contributed by atoms with Crippen molar-refractivity contribution in [1.82, 2.24) is 10.3 Å². The van der Waals surface area contributed by atoms with Gasteiger partial charge in [0.05, 0.1) is 5.52 Å². The molecule has 19 heavy (non-hydrogen) atoms. The minimum atomic E-state index is 0.0145. The molecule has 1 aromatic carbocycles. The molecule has 0 radical (unpaired) electrons. The van der Waals surface area contributed by atoms with Crippen LogP contribution in [0.3, 0.4) is 0 Å². The number of H-pyrrole nitrogens is 1. The van der Waals surface area contributed by atoms with Crippen LogP contribution in [0, 0.1) is 0 Å². The molecular formula is C14H14N2O3. The van der Waals surface area contributed by atoms with E-state index in [1.807, 2.05) is 12.1 Å². The normalized spacial score (nSPS) is 17.3. The third-order valence-electron chi connectivity index (χ3n) is 3.75. The summed E-state index contributed by atoms with van der Waals surface area (Å²) in [7, 11) is 0. The number of fused-ring (bicyclic) bond motifs is 4. The van der Waals surface area contributed by atoms with Crippen molar-refractivity contribution in [2.24, 2.45) is 0 Å². The fourth-order valence-corrected chi connectivity index (χ4v) is 2.83. The zero-order chi connectivity index (χ0) is 12.8. The molecule has 5 heteroatoms. The van der Waals surface area contributed by atoms with E-state index in [0.717, 1.165) is 47.3 Å². The molecule has 0 spiro atoms. The molecule has 5 nitrogen and oxygen atoms in total. The first-order chi connectivity index (χ1) is 9.33. The van der Waals surface area contributed by atoms with Crippen molar-refractivity contribution in [1.29, 1.82) is 0 Å². The van der Waals surface area contributed by atoms with Gasteiger partial charge in [0, 0.05) is 23.6 Å². The van der Waals surface area contributed by atoms with Crippen molar-refractivity contribution in [3.63, 3.8) is 0 Å². The fraction of sp³-hybridized carbons (Fsp3) is 0.357. The van der Waals surface area contributed by atoms with Crippen molar-refractivity contribution >= 4 is 10.9 Å². The average molecular weight is 258 g/mol. The molecule has 2 aromatic rings. The Labute approximate surface area is 109 Å². The van der Waals surface area contributed by atoms with E-state index in [4.69, 9.17) is 9.47 Å². The summed E-state index contributed by atoms with van der Waals surface area (Å²) in [5, 5.41) is 4.36. The van der Waals surface area contributed by atoms with Gasteiger partial charge in [-0.15, -0.1) is 0 Å². The van der Waals surface area contributed by atoms with Crippen molar-refractivity contribution in [2.45, 2.75) is 13.0 Å². The highest BCUT2D eigenvalue weighted by molar-refractivity contribution is 5.86. The van der Waals surface area contributed by atoms with Crippen LogP contribution in [0.5, 0.6) is 11.5 Å². The van der Waals surface area contributed by atoms with Gasteiger partial charge in [0.15, 0.2) is 11.5 Å². The first kappa shape index (κ1) is 10.9. The largest absolute Gasteiger partial charge is 0.486 e. The summed E-state index contributed by atoms with van der Waals surface area (Å²) in [5.41, 5.74) is 2.81. The number of hydrogen-bond acceptors (Lipinski definition) is 4. The van der Waals surface area contributed by atoms with Crippen LogP contribution in [-0.4, -0.2) is 24.7 Å². The van der Waals surface area contributed by atoms with Crippen molar-refractivity contribution in [2.75, 3.05) is 19.8 Å². The SMILES string of the molecule is O=c1[nH]c2cc3c(cc2c2c1CCNC2)OCCO3. The third-order valence-corrected chi connectivity index (χ3v) is 3.75. The molecule has 4 rings (SSSR count). The molecule has 1 aromatic heterocycles. The van der Waals surface area contributed by atoms with Gasteiger partial charge in [-0.05, 0) is 24.6 Å². The number of pyridine rings is 1. The number of aromatic nitrogens is 1. The van der Waals surface area contributed by atoms with Gasteiger partial charge < -0.3 is 19.8 Å². The molecule has 98 valence electrons. The van der Waals surface area contributed by atoms with Crippen LogP contribution in [0.1, 0.15) is 11.1 Å². The second-order valence-electron chi connectivity index (χ2n) is 4.88. The zero-order valence-electron chi connectivity index (χ0n) is 10.4. The van der Waals surface area contributed by atoms with E-state index in [1.54, 1.807) is 0 Å². The number of hydrogen-bond donors (Lipinski definition) is 2. The lowest BCUT2D eigenvalue weighted by molar-refractivity contribution is 0.172. The Morgan fingerprint density at radius 1 is 1.05 bits per heavy atom. The molecule has 0 saturated carbocycles. The summed E-state index contributed by atoms with van der Waals surface area (Å²) < 4.78 is 11.2. The molecule has 0 saturated heterocycles. The van der Waals surface area contributed by atoms with Crippen molar-refractivity contribution in [3.8, 4) is 11.5 Å². The zero-order valence-corrected chi connectivity index (χ0v) is 10.4. The van der Waals surface area contributed by atoms with Crippen LogP contribution in [0.4, 0.5) is 0 Å². The number of aromatic amines is 1. The maximum Gasteiger partial charge on any atom is 0.251 e. The van der Waals surface area contributed by atoms with Gasteiger partial charge in [-0.3, -0.25) is 4.79 Å². The maximum atomic E-state index is 12.1. The maximum absolute atomic E-state index is 12.1. The molecular weight excluding hydrogens is 244 g/mol. The van der Waals surface area contributed by atoms with Crippen molar-refractivity contribution in [3.05, 3.63) is 33.6 Å². The van der Waals surface area contributed by atoms with Crippen LogP contribution in [-0.2, 0) is 13.0 Å². The second kappa shape index (κ2) is 3.99. The minimum absolute atomic E-state index is 0.0145. The topological polar surface area (TPSA) is 63.4 Å². The van der Waals surface area contributed by atoms with Crippen LogP contribution in [0.2, 0.25) is 0 Å². The van der Waals surface area contributed by atoms with E-state index >= 15 is 0 Å². The Kier molecular flexibility index (Phi) is 2.29. The lowest BCUT2D eigenvalue weighted by atomic mass is 9.98. The predicted molar refractivity (Wildman–Crippen MR) is 71.0 cm³/mol. The Morgan fingerprint density at radius 3 is 2.68 bits per heavy atom. The highest BCUT2D eigenvalue weighted by atomic mass is 16.6. The molecule has 0 fully saturated rings. The molecule has 3 heterocycles. The Balaban J connectivity index is 2.04. The van der Waals surface area contributed by atoms with Gasteiger partial charge in [-0.25, -0.2) is 0 Å². The first-order valence-corrected chi connectivity index (χ1v) is 6.51. The fourth-order valence-electron chi connectivity index (χ4n) is 2.83. The van der Waals surface area contributed by atoms with Gasteiger partial charge in [-0.1, -0.05) is 0 Å². The Bertz CT molecular complexity index is 721. The highest BCUT2D eigenvalue weighted by Gasteiger charge is 2.19. The molecule has 0 aliphatic carbocycles. The lowest BCUT2D eigenvalue weighted by Gasteiger charge is -2.22. The van der Waals surface area contributed by atoms with E-state index in [1.165, 1.54) is 0 Å². The number of ether oxygens (including phenoxy) is 2. The van der Waals surface area contributed by atoms with E-state index in [-0.39, 0.29) is 5.56 Å². The van der Waals surface area contributed by atoms with E-state index < -0.39 is 0 Å². The molecule has 2 aliphatic rings. The number of benzene rings is 1. The van der Waals surface area contributed by atoms with Crippen LogP contribution in [0.15, 0.2) is 16.9 Å². The van der Waals surface area contributed by atoms with Crippen LogP contribution < -0.4 is 20.3 Å². The Hall–Kier alpha value is -2.01. The number of nitrogens with one attached hydrogen (secondary N) is 2. The standard InChI is InChI=1S/C14H14N2O3/c17-14-8-1-2-15-7-10(8)9-5-12-13(6-11(9)16-14)19-4-3-18-12/h5-6,15H,1-4,7H2,(H,16,17). The summed E-state index contributed by atoms with van der Waals surface area (Å²) in [5.74, 6) is 1.47. The van der Waals surface area contributed by atoms with Crippen LogP contribution >= 0.6 is 0 Å². The molecule has 0 atom stereocenters. The summed E-state index contributed by atoms with van der Waals surface area (Å²) in [4.78, 5) is 15.0. The molecule has 2 N–H and O–H groups in total. The minimum Gasteiger partial charge on any atom is -0.486 e. The van der Waals surface area contributed by atoms with Gasteiger partial charge in [0.2, 0.25) is 0 Å². The van der Waals surface area contributed by atoms with E-state index in [9.17, 15) is 4.79 Å². The second-order valence-corrected chi connectivity index (χ2v) is 4.88. The van der Waals surface area contributed by atoms with Gasteiger partial charge >= 0.3 is 0 Å². The summed E-state index contributed by atoms with van der Waals surface area (Å²) >= 11 is 0. The number of rotatable bonds is 0. The van der Waals surface area contributed by atoms with Gasteiger partial charge in [0.1, 0.15) is 13.2 Å². The monoisotopic (exact) mass is 258 g/mol. The van der Waals surface area contributed by atoms with Crippen molar-refractivity contribution < 1.29 is 9.47 Å². The van der Waals surface area contributed by atoms with E-state index in [0.29, 0.717) is 19.0 Å². The van der Waals surface area contributed by atoms with E-state index in [2.05, 4.69) is 10.3 Å². The molecule has 0 amide bonds. The highest BCUT2D eigenvalue weighted by Crippen LogP contribution is 2.35. The first-order valence-electron chi connectivity index (χ1n) is 6.51. The average Bonchev–Trinajstić information content (AvgIpc) is 2.46. The quantitative estimate of drug-likeness (QED) is 0.738. The van der Waals surface area contributed by atoms with Crippen LogP contribution in [0.25, 0.3) is 10.9 Å². The summed E-state index contributed by atoms with van der Waals surface area (Å²) in [6, 6.07) is 3.84. The summed E-state index contributed by atoms with van der Waals surface area (Å²) in [6.45, 7) is 2.71. The van der Waals surface area contributed by atoms with Gasteiger partial charge in [-0.2, -0.15) is 0 Å². The molecule has 0 bridgehead atoms. The third kappa shape index (κ3) is 1.62. The predicted octanol–water partition coefficient (Wildman–Crippen LogP) is 0.945.